The van der Waals surface area contributed by atoms with E-state index >= 15 is 0 Å². The number of hydrogen-bond acceptors (Lipinski definition) is 8. The van der Waals surface area contributed by atoms with Gasteiger partial charge in [0.1, 0.15) is 11.6 Å². The lowest BCUT2D eigenvalue weighted by Gasteiger charge is -2.31. The fraction of sp³-hybridized carbons (Fsp3) is 0.526. The zero-order chi connectivity index (χ0) is 21.7. The summed E-state index contributed by atoms with van der Waals surface area (Å²) in [7, 11) is 0. The Morgan fingerprint density at radius 2 is 1.67 bits per heavy atom. The van der Waals surface area contributed by atoms with Crippen molar-refractivity contribution in [2.75, 3.05) is 62.4 Å². The molecule has 0 saturated carbocycles. The molecule has 0 bridgehead atoms. The van der Waals surface area contributed by atoms with Gasteiger partial charge in [-0.05, 0) is 25.3 Å². The molecular weight excluding hydrogens is 401 g/mol. The summed E-state index contributed by atoms with van der Waals surface area (Å²) in [4.78, 5) is 16.3. The van der Waals surface area contributed by atoms with Crippen LogP contribution < -0.4 is 15.5 Å². The van der Waals surface area contributed by atoms with Crippen LogP contribution in [0.4, 0.5) is 24.9 Å². The number of anilines is 2. The third-order valence-corrected chi connectivity index (χ3v) is 4.90. The van der Waals surface area contributed by atoms with Crippen LogP contribution in [-0.4, -0.2) is 75.5 Å². The molecule has 0 atom stereocenters. The zero-order valence-corrected chi connectivity index (χ0v) is 16.8. The third kappa shape index (κ3) is 5.28. The minimum absolute atomic E-state index is 0.0690. The number of allylic oxidation sites excluding steroid dienone is 3. The summed E-state index contributed by atoms with van der Waals surface area (Å²) in [5, 5.41) is 0. The van der Waals surface area contributed by atoms with Crippen molar-refractivity contribution in [3.05, 3.63) is 29.2 Å². The Hall–Kier alpha value is -2.66. The molecule has 2 fully saturated rings. The highest BCUT2D eigenvalue weighted by Crippen LogP contribution is 2.34. The van der Waals surface area contributed by atoms with E-state index in [1.165, 1.54) is 6.92 Å². The Morgan fingerprint density at radius 1 is 1.10 bits per heavy atom. The number of ether oxygens (including phenoxy) is 2. The van der Waals surface area contributed by atoms with Crippen molar-refractivity contribution >= 4 is 24.1 Å². The van der Waals surface area contributed by atoms with Crippen molar-refractivity contribution < 1.29 is 22.6 Å². The molecule has 2 aliphatic heterocycles. The second-order valence-electron chi connectivity index (χ2n) is 6.87. The van der Waals surface area contributed by atoms with Gasteiger partial charge in [0.2, 0.25) is 5.95 Å². The molecule has 0 aromatic carbocycles. The first kappa shape index (κ1) is 22.0. The fourth-order valence-corrected chi connectivity index (χ4v) is 3.21. The van der Waals surface area contributed by atoms with Gasteiger partial charge >= 0.3 is 6.18 Å². The van der Waals surface area contributed by atoms with E-state index in [-0.39, 0.29) is 17.1 Å². The Morgan fingerprint density at radius 3 is 2.20 bits per heavy atom. The summed E-state index contributed by atoms with van der Waals surface area (Å²) >= 11 is 0. The van der Waals surface area contributed by atoms with Crippen molar-refractivity contribution in [3.63, 3.8) is 0 Å². The van der Waals surface area contributed by atoms with Crippen molar-refractivity contribution in [2.45, 2.75) is 13.1 Å². The summed E-state index contributed by atoms with van der Waals surface area (Å²) < 4.78 is 52.0. The monoisotopic (exact) mass is 426 g/mol. The molecule has 1 aromatic heterocycles. The molecule has 8 nitrogen and oxygen atoms in total. The van der Waals surface area contributed by atoms with Crippen LogP contribution in [0.1, 0.15) is 12.6 Å². The van der Waals surface area contributed by atoms with Crippen LogP contribution in [0.5, 0.6) is 0 Å². The maximum atomic E-state index is 13.7. The van der Waals surface area contributed by atoms with E-state index in [1.54, 1.807) is 6.07 Å². The molecule has 11 heteroatoms. The molecule has 2 saturated heterocycles. The lowest BCUT2D eigenvalue weighted by molar-refractivity contribution is -0.0877. The summed E-state index contributed by atoms with van der Waals surface area (Å²) in [5.74, 6) is 0.610. The highest BCUT2D eigenvalue weighted by Gasteiger charge is 2.35. The number of aromatic nitrogens is 2. The van der Waals surface area contributed by atoms with E-state index in [0.29, 0.717) is 64.4 Å². The lowest BCUT2D eigenvalue weighted by atomic mass is 10.0. The van der Waals surface area contributed by atoms with Gasteiger partial charge in [0.25, 0.3) is 0 Å². The van der Waals surface area contributed by atoms with Crippen molar-refractivity contribution in [2.24, 2.45) is 10.7 Å². The predicted octanol–water partition coefficient (Wildman–Crippen LogP) is 1.99. The van der Waals surface area contributed by atoms with Gasteiger partial charge in [0.15, 0.2) is 0 Å². The van der Waals surface area contributed by atoms with Gasteiger partial charge in [-0.15, -0.1) is 0 Å². The minimum atomic E-state index is -4.64. The number of halogens is 3. The van der Waals surface area contributed by atoms with Gasteiger partial charge in [-0.2, -0.15) is 18.2 Å². The molecule has 164 valence electrons. The zero-order valence-electron chi connectivity index (χ0n) is 16.8. The Kier molecular flexibility index (Phi) is 6.93. The Balaban J connectivity index is 2.11. The van der Waals surface area contributed by atoms with Crippen LogP contribution >= 0.6 is 0 Å². The molecule has 1 aromatic rings. The average Bonchev–Trinajstić information content (AvgIpc) is 2.77. The smallest absolute Gasteiger partial charge is 0.384 e. The van der Waals surface area contributed by atoms with Crippen molar-refractivity contribution in [1.82, 2.24) is 9.97 Å². The third-order valence-electron chi connectivity index (χ3n) is 4.90. The summed E-state index contributed by atoms with van der Waals surface area (Å²) in [6.07, 6.45) is -3.87. The molecule has 0 unspecified atom stereocenters. The number of nitrogens with zero attached hydrogens (tertiary/aromatic N) is 5. The first-order valence-electron chi connectivity index (χ1n) is 9.56. The van der Waals surface area contributed by atoms with Gasteiger partial charge in [0.05, 0.1) is 37.7 Å². The van der Waals surface area contributed by atoms with Gasteiger partial charge in [0, 0.05) is 32.2 Å². The molecule has 0 aliphatic carbocycles. The van der Waals surface area contributed by atoms with Gasteiger partial charge in [-0.1, -0.05) is 0 Å². The molecule has 0 amide bonds. The quantitative estimate of drug-likeness (QED) is 0.569. The normalized spacial score (nSPS) is 19.5. The number of aliphatic imine (C=N–C) groups is 1. The van der Waals surface area contributed by atoms with E-state index in [0.717, 1.165) is 6.08 Å². The first-order valence-corrected chi connectivity index (χ1v) is 9.56. The molecule has 0 radical (unpaired) electrons. The maximum Gasteiger partial charge on any atom is 0.416 e. The minimum Gasteiger partial charge on any atom is -0.384 e. The molecule has 30 heavy (non-hydrogen) atoms. The topological polar surface area (TPSA) is 89.1 Å². The highest BCUT2D eigenvalue weighted by molar-refractivity contribution is 5.71. The summed E-state index contributed by atoms with van der Waals surface area (Å²) in [6.45, 7) is 8.94. The summed E-state index contributed by atoms with van der Waals surface area (Å²) in [5.41, 5.74) is 4.68. The van der Waals surface area contributed by atoms with Crippen LogP contribution in [0.2, 0.25) is 0 Å². The number of nitrogens with two attached hydrogens (primary N) is 1. The van der Waals surface area contributed by atoms with Gasteiger partial charge in [-0.3, -0.25) is 0 Å². The molecule has 3 rings (SSSR count). The second kappa shape index (κ2) is 9.43. The van der Waals surface area contributed by atoms with Crippen LogP contribution in [0.15, 0.2) is 28.5 Å². The van der Waals surface area contributed by atoms with Gasteiger partial charge < -0.3 is 25.0 Å². The number of alkyl halides is 3. The maximum absolute atomic E-state index is 13.7. The van der Waals surface area contributed by atoms with Crippen LogP contribution in [0.25, 0.3) is 5.57 Å². The molecule has 2 N–H and O–H groups in total. The first-order chi connectivity index (χ1) is 14.3. The SMILES string of the molecule is C=N/C(N)=C\C(=C(/C)c1cc(N2CCOCC2)nc(N2CCOCC2)n1)C(F)(F)F. The van der Waals surface area contributed by atoms with Crippen molar-refractivity contribution in [3.8, 4) is 0 Å². The van der Waals surface area contributed by atoms with E-state index in [2.05, 4.69) is 21.7 Å². The number of rotatable bonds is 5. The number of hydrogen-bond donors (Lipinski definition) is 1. The fourth-order valence-electron chi connectivity index (χ4n) is 3.21. The Labute approximate surface area is 172 Å². The summed E-state index contributed by atoms with van der Waals surface area (Å²) in [6, 6.07) is 1.57. The standard InChI is InChI=1S/C19H25F3N6O2/c1-13(14(19(20,21)22)11-16(23)24-2)15-12-17(27-3-7-29-8-4-27)26-18(25-15)28-5-9-30-10-6-28/h11-12H,2-10,23H2,1H3/b14-13-,16-11-. The molecule has 0 spiro atoms. The van der Waals surface area contributed by atoms with E-state index in [9.17, 15) is 13.2 Å². The highest BCUT2D eigenvalue weighted by atomic mass is 19.4. The van der Waals surface area contributed by atoms with Crippen LogP contribution in [0, 0.1) is 0 Å². The van der Waals surface area contributed by atoms with Crippen molar-refractivity contribution in [1.29, 1.82) is 0 Å². The Bertz CT molecular complexity index is 792. The van der Waals surface area contributed by atoms with Crippen LogP contribution in [-0.2, 0) is 9.47 Å². The number of morpholine rings is 2. The van der Waals surface area contributed by atoms with Gasteiger partial charge in [-0.25, -0.2) is 9.98 Å². The van der Waals surface area contributed by atoms with Crippen LogP contribution in [0.3, 0.4) is 0 Å². The van der Waals surface area contributed by atoms with E-state index in [1.807, 2.05) is 9.80 Å². The van der Waals surface area contributed by atoms with E-state index in [4.69, 9.17) is 15.2 Å². The average molecular weight is 426 g/mol. The molecular formula is C19H25F3N6O2. The second-order valence-corrected chi connectivity index (χ2v) is 6.87. The molecule has 3 heterocycles. The largest absolute Gasteiger partial charge is 0.416 e. The van der Waals surface area contributed by atoms with E-state index < -0.39 is 11.7 Å². The predicted molar refractivity (Wildman–Crippen MR) is 109 cm³/mol. The lowest BCUT2D eigenvalue weighted by Crippen LogP contribution is -2.39. The molecule has 2 aliphatic rings.